The van der Waals surface area contributed by atoms with Gasteiger partial charge in [0.05, 0.1) is 0 Å². The van der Waals surface area contributed by atoms with Crippen molar-refractivity contribution in [2.75, 3.05) is 37.4 Å². The maximum Gasteiger partial charge on any atom is 0.167 e. The van der Waals surface area contributed by atoms with Crippen LogP contribution < -0.4 is 10.2 Å². The number of pyridine rings is 1. The second-order valence-corrected chi connectivity index (χ2v) is 9.12. The maximum absolute atomic E-state index is 14.6. The van der Waals surface area contributed by atoms with Gasteiger partial charge in [-0.3, -0.25) is 5.10 Å². The molecule has 3 heterocycles. The molecule has 0 bridgehead atoms. The Bertz CT molecular complexity index is 844. The standard InChI is InChI=1S/C21H29FN6/c1-27-12-21(13-27)9-7-15(8-10-21)28(2)20-16(22)5-6-18(24-20)23-19-11-17(25-26-19)14-3-4-14/h5-6,11,14-15H,3-4,7-10,12-13H2,1-2H3,(H2,23,24,25,26). The molecule has 3 aliphatic rings. The monoisotopic (exact) mass is 384 g/mol. The van der Waals surface area contributed by atoms with Crippen LogP contribution in [0.15, 0.2) is 18.2 Å². The van der Waals surface area contributed by atoms with Crippen LogP contribution >= 0.6 is 0 Å². The zero-order valence-corrected chi connectivity index (χ0v) is 16.7. The van der Waals surface area contributed by atoms with Gasteiger partial charge in [0.15, 0.2) is 17.5 Å². The largest absolute Gasteiger partial charge is 0.354 e. The number of hydrogen-bond acceptors (Lipinski definition) is 5. The minimum Gasteiger partial charge on any atom is -0.354 e. The Labute approximate surface area is 165 Å². The first-order valence-corrected chi connectivity index (χ1v) is 10.4. The predicted molar refractivity (Wildman–Crippen MR) is 109 cm³/mol. The van der Waals surface area contributed by atoms with E-state index in [1.54, 1.807) is 6.07 Å². The van der Waals surface area contributed by atoms with Gasteiger partial charge in [-0.15, -0.1) is 0 Å². The number of aromatic nitrogens is 3. The van der Waals surface area contributed by atoms with E-state index in [1.807, 2.05) is 18.0 Å². The Hall–Kier alpha value is -2.15. The molecule has 28 heavy (non-hydrogen) atoms. The SMILES string of the molecule is CN1CC2(CCC(N(C)c3nc(Nc4cc(C5CC5)[nH]n4)ccc3F)CC2)C1. The van der Waals surface area contributed by atoms with Crippen LogP contribution in [0.5, 0.6) is 0 Å². The molecule has 0 aromatic carbocycles. The van der Waals surface area contributed by atoms with Gasteiger partial charge in [-0.2, -0.15) is 5.10 Å². The molecule has 0 unspecified atom stereocenters. The molecule has 2 aromatic rings. The number of nitrogens with zero attached hydrogens (tertiary/aromatic N) is 4. The van der Waals surface area contributed by atoms with Crippen LogP contribution in [-0.4, -0.2) is 53.3 Å². The minimum absolute atomic E-state index is 0.266. The first kappa shape index (κ1) is 17.9. The first-order valence-electron chi connectivity index (χ1n) is 10.4. The third-order valence-electron chi connectivity index (χ3n) is 6.81. The molecular weight excluding hydrogens is 355 g/mol. The van der Waals surface area contributed by atoms with Crippen LogP contribution in [0.3, 0.4) is 0 Å². The Morgan fingerprint density at radius 1 is 1.18 bits per heavy atom. The molecule has 150 valence electrons. The summed E-state index contributed by atoms with van der Waals surface area (Å²) in [4.78, 5) is 9.00. The average molecular weight is 385 g/mol. The molecule has 0 radical (unpaired) electrons. The van der Waals surface area contributed by atoms with E-state index >= 15 is 0 Å². The molecule has 1 saturated heterocycles. The molecular formula is C21H29FN6. The lowest BCUT2D eigenvalue weighted by atomic mass is 9.67. The summed E-state index contributed by atoms with van der Waals surface area (Å²) in [5.41, 5.74) is 1.68. The van der Waals surface area contributed by atoms with Crippen molar-refractivity contribution < 1.29 is 4.39 Å². The molecule has 0 atom stereocenters. The molecule has 5 rings (SSSR count). The van der Waals surface area contributed by atoms with E-state index in [0.717, 1.165) is 18.7 Å². The third kappa shape index (κ3) is 3.36. The van der Waals surface area contributed by atoms with Gasteiger partial charge in [0.25, 0.3) is 0 Å². The summed E-state index contributed by atoms with van der Waals surface area (Å²) in [5.74, 6) is 2.15. The van der Waals surface area contributed by atoms with Gasteiger partial charge in [-0.05, 0) is 63.1 Å². The summed E-state index contributed by atoms with van der Waals surface area (Å²) in [6.07, 6.45) is 7.11. The number of aromatic amines is 1. The summed E-state index contributed by atoms with van der Waals surface area (Å²) in [6.45, 7) is 2.42. The predicted octanol–water partition coefficient (Wildman–Crippen LogP) is 3.88. The van der Waals surface area contributed by atoms with E-state index in [4.69, 9.17) is 0 Å². The fourth-order valence-electron chi connectivity index (χ4n) is 5.07. The lowest BCUT2D eigenvalue weighted by molar-refractivity contribution is -0.0134. The summed E-state index contributed by atoms with van der Waals surface area (Å²) in [5, 5.41) is 10.6. The summed E-state index contributed by atoms with van der Waals surface area (Å²) in [6, 6.07) is 5.56. The number of hydrogen-bond donors (Lipinski definition) is 2. The highest BCUT2D eigenvalue weighted by Crippen LogP contribution is 2.44. The van der Waals surface area contributed by atoms with Gasteiger partial charge in [0.2, 0.25) is 0 Å². The van der Waals surface area contributed by atoms with Crippen molar-refractivity contribution in [3.05, 3.63) is 29.7 Å². The normalized spacial score (nSPS) is 22.2. The molecule has 2 aliphatic carbocycles. The topological polar surface area (TPSA) is 60.1 Å². The Balaban J connectivity index is 1.27. The summed E-state index contributed by atoms with van der Waals surface area (Å²) in [7, 11) is 4.17. The third-order valence-corrected chi connectivity index (χ3v) is 6.81. The Morgan fingerprint density at radius 3 is 2.61 bits per heavy atom. The maximum atomic E-state index is 14.6. The molecule has 7 heteroatoms. The van der Waals surface area contributed by atoms with Gasteiger partial charge in [-0.25, -0.2) is 9.37 Å². The Morgan fingerprint density at radius 2 is 1.93 bits per heavy atom. The van der Waals surface area contributed by atoms with Crippen molar-refractivity contribution in [2.24, 2.45) is 5.41 Å². The Kier molecular flexibility index (Phi) is 4.30. The number of rotatable bonds is 5. The number of halogens is 1. The fourth-order valence-corrected chi connectivity index (χ4v) is 5.07. The van der Waals surface area contributed by atoms with Gasteiger partial charge in [-0.1, -0.05) is 0 Å². The smallest absolute Gasteiger partial charge is 0.167 e. The quantitative estimate of drug-likeness (QED) is 0.819. The van der Waals surface area contributed by atoms with Crippen molar-refractivity contribution in [3.8, 4) is 0 Å². The highest BCUT2D eigenvalue weighted by molar-refractivity contribution is 5.56. The van der Waals surface area contributed by atoms with Gasteiger partial charge in [0, 0.05) is 43.9 Å². The van der Waals surface area contributed by atoms with Gasteiger partial charge < -0.3 is 15.1 Å². The number of likely N-dealkylation sites (tertiary alicyclic amines) is 1. The molecule has 3 fully saturated rings. The van der Waals surface area contributed by atoms with Crippen molar-refractivity contribution in [1.82, 2.24) is 20.1 Å². The van der Waals surface area contributed by atoms with Crippen molar-refractivity contribution in [1.29, 1.82) is 0 Å². The molecule has 2 saturated carbocycles. The molecule has 1 spiro atoms. The second-order valence-electron chi connectivity index (χ2n) is 9.12. The second kappa shape index (κ2) is 6.72. The molecule has 6 nitrogen and oxygen atoms in total. The van der Waals surface area contributed by atoms with E-state index in [9.17, 15) is 4.39 Å². The van der Waals surface area contributed by atoms with Crippen LogP contribution in [0.4, 0.5) is 21.8 Å². The zero-order chi connectivity index (χ0) is 19.3. The van der Waals surface area contributed by atoms with Crippen LogP contribution in [0.1, 0.15) is 50.1 Å². The highest BCUT2D eigenvalue weighted by Gasteiger charge is 2.44. The van der Waals surface area contributed by atoms with Crippen molar-refractivity contribution in [3.63, 3.8) is 0 Å². The zero-order valence-electron chi connectivity index (χ0n) is 16.7. The van der Waals surface area contributed by atoms with E-state index in [1.165, 1.54) is 50.5 Å². The van der Waals surface area contributed by atoms with Crippen LogP contribution in [-0.2, 0) is 0 Å². The summed E-state index contributed by atoms with van der Waals surface area (Å²) >= 11 is 0. The van der Waals surface area contributed by atoms with Gasteiger partial charge >= 0.3 is 0 Å². The van der Waals surface area contributed by atoms with Crippen molar-refractivity contribution >= 4 is 17.5 Å². The lowest BCUT2D eigenvalue weighted by Crippen LogP contribution is -2.57. The van der Waals surface area contributed by atoms with Crippen molar-refractivity contribution in [2.45, 2.75) is 50.5 Å². The van der Waals surface area contributed by atoms with E-state index in [-0.39, 0.29) is 5.82 Å². The number of anilines is 3. The molecule has 2 N–H and O–H groups in total. The van der Waals surface area contributed by atoms with E-state index in [2.05, 4.69) is 32.4 Å². The van der Waals surface area contributed by atoms with Crippen LogP contribution in [0.25, 0.3) is 0 Å². The molecule has 1 aliphatic heterocycles. The number of H-pyrrole nitrogens is 1. The summed E-state index contributed by atoms with van der Waals surface area (Å²) < 4.78 is 14.6. The lowest BCUT2D eigenvalue weighted by Gasteiger charge is -2.53. The first-order chi connectivity index (χ1) is 13.5. The van der Waals surface area contributed by atoms with Crippen LogP contribution in [0, 0.1) is 11.2 Å². The van der Waals surface area contributed by atoms with E-state index in [0.29, 0.717) is 29.0 Å². The minimum atomic E-state index is -0.266. The molecule has 0 amide bonds. The fraction of sp³-hybridized carbons (Fsp3) is 0.619. The highest BCUT2D eigenvalue weighted by atomic mass is 19.1. The van der Waals surface area contributed by atoms with Gasteiger partial charge in [0.1, 0.15) is 5.82 Å². The average Bonchev–Trinajstić information content (AvgIpc) is 3.42. The number of nitrogens with one attached hydrogen (secondary N) is 2. The van der Waals surface area contributed by atoms with Crippen LogP contribution in [0.2, 0.25) is 0 Å². The molecule has 2 aromatic heterocycles. The van der Waals surface area contributed by atoms with E-state index < -0.39 is 0 Å².